The second-order valence-electron chi connectivity index (χ2n) is 7.18. The summed E-state index contributed by atoms with van der Waals surface area (Å²) in [6.45, 7) is 0. The van der Waals surface area contributed by atoms with Gasteiger partial charge in [-0.15, -0.1) is 24.5 Å². The van der Waals surface area contributed by atoms with Crippen LogP contribution in [0.1, 0.15) is 27.3 Å². The predicted octanol–water partition coefficient (Wildman–Crippen LogP) is 3.52. The molecule has 0 fully saturated rings. The van der Waals surface area contributed by atoms with Crippen molar-refractivity contribution < 1.29 is 31.1 Å². The number of hydrogen-bond acceptors (Lipinski definition) is 7. The number of rotatable bonds is 6. The standard InChI is InChI=1S/C20H17F3N4O4S2/c21-20(22,23)31-14-4-6-15(7-5-14)33(29,30)27-13-3-8-16-12(10-13)11-24-19(25-16)26-18(28)17-2-1-9-32-17/h1-2,4-7,9,11,13,27H,3,8,10H2,(H,24,25,26,28). The largest absolute Gasteiger partial charge is 0.573 e. The molecular weight excluding hydrogens is 481 g/mol. The van der Waals surface area contributed by atoms with E-state index in [1.54, 1.807) is 23.7 Å². The monoisotopic (exact) mass is 498 g/mol. The Morgan fingerprint density at radius 3 is 2.61 bits per heavy atom. The van der Waals surface area contributed by atoms with Crippen LogP contribution in [0.5, 0.6) is 5.75 Å². The number of ether oxygens (including phenoxy) is 1. The predicted molar refractivity (Wildman–Crippen MR) is 114 cm³/mol. The summed E-state index contributed by atoms with van der Waals surface area (Å²) in [5.74, 6) is -0.641. The molecule has 1 atom stereocenters. The topological polar surface area (TPSA) is 110 Å². The number of sulfonamides is 1. The smallest absolute Gasteiger partial charge is 0.406 e. The van der Waals surface area contributed by atoms with E-state index in [-0.39, 0.29) is 16.8 Å². The van der Waals surface area contributed by atoms with Crippen molar-refractivity contribution in [1.82, 2.24) is 14.7 Å². The van der Waals surface area contributed by atoms with Crippen LogP contribution in [0.15, 0.2) is 52.9 Å². The Balaban J connectivity index is 1.40. The highest BCUT2D eigenvalue weighted by Crippen LogP contribution is 2.25. The van der Waals surface area contributed by atoms with E-state index in [4.69, 9.17) is 0 Å². The lowest BCUT2D eigenvalue weighted by Gasteiger charge is -2.24. The van der Waals surface area contributed by atoms with Crippen LogP contribution < -0.4 is 14.8 Å². The zero-order chi connectivity index (χ0) is 23.6. The lowest BCUT2D eigenvalue weighted by Crippen LogP contribution is -2.39. The normalized spacial score (nSPS) is 16.2. The third kappa shape index (κ3) is 5.86. The SMILES string of the molecule is O=C(Nc1ncc2c(n1)CCC(NS(=O)(=O)c1ccc(OC(F)(F)F)cc1)C2)c1cccs1. The molecule has 174 valence electrons. The Morgan fingerprint density at radius 1 is 1.18 bits per heavy atom. The number of nitrogens with one attached hydrogen (secondary N) is 2. The number of aryl methyl sites for hydroxylation is 1. The molecule has 1 aliphatic carbocycles. The van der Waals surface area contributed by atoms with Gasteiger partial charge in [-0.1, -0.05) is 6.07 Å². The molecule has 0 aliphatic heterocycles. The van der Waals surface area contributed by atoms with Crippen molar-refractivity contribution in [2.24, 2.45) is 0 Å². The van der Waals surface area contributed by atoms with Gasteiger partial charge in [0.2, 0.25) is 16.0 Å². The van der Waals surface area contributed by atoms with Crippen LogP contribution in [0.2, 0.25) is 0 Å². The Bertz CT molecular complexity index is 1250. The van der Waals surface area contributed by atoms with Gasteiger partial charge in [0, 0.05) is 17.9 Å². The molecule has 0 spiro atoms. The van der Waals surface area contributed by atoms with E-state index in [9.17, 15) is 26.4 Å². The third-order valence-electron chi connectivity index (χ3n) is 4.81. The molecule has 8 nitrogen and oxygen atoms in total. The molecule has 0 saturated heterocycles. The fraction of sp³-hybridized carbons (Fsp3) is 0.250. The molecule has 4 rings (SSSR count). The van der Waals surface area contributed by atoms with E-state index >= 15 is 0 Å². The maximum Gasteiger partial charge on any atom is 0.573 e. The molecule has 2 heterocycles. The van der Waals surface area contributed by atoms with E-state index in [1.165, 1.54) is 11.3 Å². The molecule has 1 aliphatic rings. The molecule has 0 radical (unpaired) electrons. The highest BCUT2D eigenvalue weighted by molar-refractivity contribution is 7.89. The summed E-state index contributed by atoms with van der Waals surface area (Å²) >= 11 is 1.30. The van der Waals surface area contributed by atoms with Crippen molar-refractivity contribution in [2.75, 3.05) is 5.32 Å². The number of anilines is 1. The van der Waals surface area contributed by atoms with Crippen molar-refractivity contribution >= 4 is 33.2 Å². The van der Waals surface area contributed by atoms with Gasteiger partial charge in [0.05, 0.1) is 9.77 Å². The van der Waals surface area contributed by atoms with E-state index in [2.05, 4.69) is 24.7 Å². The number of benzene rings is 1. The molecule has 33 heavy (non-hydrogen) atoms. The van der Waals surface area contributed by atoms with Gasteiger partial charge >= 0.3 is 6.36 Å². The van der Waals surface area contributed by atoms with Gasteiger partial charge in [0.15, 0.2) is 0 Å². The fourth-order valence-corrected chi connectivity index (χ4v) is 5.24. The molecule has 0 saturated carbocycles. The summed E-state index contributed by atoms with van der Waals surface area (Å²) in [6.07, 6.45) is -2.05. The van der Waals surface area contributed by atoms with E-state index < -0.39 is 28.2 Å². The molecule has 0 bridgehead atoms. The van der Waals surface area contributed by atoms with Crippen molar-refractivity contribution in [2.45, 2.75) is 36.6 Å². The number of thiophene rings is 1. The number of fused-ring (bicyclic) bond motifs is 1. The van der Waals surface area contributed by atoms with Crippen LogP contribution in [0.4, 0.5) is 19.1 Å². The first-order valence-electron chi connectivity index (χ1n) is 9.67. The summed E-state index contributed by atoms with van der Waals surface area (Å²) in [5.41, 5.74) is 1.47. The zero-order valence-electron chi connectivity index (χ0n) is 16.8. The highest BCUT2D eigenvalue weighted by atomic mass is 32.2. The minimum atomic E-state index is -4.86. The molecule has 2 aromatic heterocycles. The molecule has 1 aromatic carbocycles. The van der Waals surface area contributed by atoms with Crippen LogP contribution in [0.3, 0.4) is 0 Å². The highest BCUT2D eigenvalue weighted by Gasteiger charge is 2.31. The lowest BCUT2D eigenvalue weighted by molar-refractivity contribution is -0.274. The molecule has 1 amide bonds. The summed E-state index contributed by atoms with van der Waals surface area (Å²) < 4.78 is 68.4. The molecule has 3 aromatic rings. The van der Waals surface area contributed by atoms with Gasteiger partial charge in [0.25, 0.3) is 5.91 Å². The van der Waals surface area contributed by atoms with Crippen molar-refractivity contribution in [3.8, 4) is 5.75 Å². The third-order valence-corrected chi connectivity index (χ3v) is 7.21. The van der Waals surface area contributed by atoms with Gasteiger partial charge in [-0.25, -0.2) is 23.1 Å². The van der Waals surface area contributed by atoms with E-state index in [1.807, 2.05) is 0 Å². The van der Waals surface area contributed by atoms with Crippen LogP contribution in [0, 0.1) is 0 Å². The Labute approximate surface area is 190 Å². The molecule has 2 N–H and O–H groups in total. The minimum Gasteiger partial charge on any atom is -0.406 e. The van der Waals surface area contributed by atoms with Crippen molar-refractivity contribution in [3.05, 3.63) is 64.1 Å². The van der Waals surface area contributed by atoms with Gasteiger partial charge in [-0.05, 0) is 60.5 Å². The second-order valence-corrected chi connectivity index (χ2v) is 9.84. The lowest BCUT2D eigenvalue weighted by atomic mass is 9.94. The van der Waals surface area contributed by atoms with Gasteiger partial charge < -0.3 is 4.74 Å². The van der Waals surface area contributed by atoms with E-state index in [0.717, 1.165) is 35.5 Å². The average molecular weight is 499 g/mol. The summed E-state index contributed by atoms with van der Waals surface area (Å²) in [4.78, 5) is 21.0. The fourth-order valence-electron chi connectivity index (χ4n) is 3.35. The first-order valence-corrected chi connectivity index (χ1v) is 12.0. The number of carbonyl (C=O) groups is 1. The number of amides is 1. The Kier molecular flexibility index (Phi) is 6.36. The van der Waals surface area contributed by atoms with E-state index in [0.29, 0.717) is 24.1 Å². The summed E-state index contributed by atoms with van der Waals surface area (Å²) in [6, 6.07) is 6.99. The van der Waals surface area contributed by atoms with Crippen molar-refractivity contribution in [1.29, 1.82) is 0 Å². The maximum atomic E-state index is 12.6. The number of nitrogens with zero attached hydrogens (tertiary/aromatic N) is 2. The van der Waals surface area contributed by atoms with Gasteiger partial charge in [0.1, 0.15) is 5.75 Å². The zero-order valence-corrected chi connectivity index (χ0v) is 18.4. The van der Waals surface area contributed by atoms with Gasteiger partial charge in [-0.3, -0.25) is 10.1 Å². The second kappa shape index (κ2) is 9.08. The summed E-state index contributed by atoms with van der Waals surface area (Å²) in [5, 5.41) is 4.43. The molecule has 13 heteroatoms. The first-order chi connectivity index (χ1) is 15.6. The summed E-state index contributed by atoms with van der Waals surface area (Å²) in [7, 11) is -3.96. The first kappa shape index (κ1) is 23.1. The molecule has 1 unspecified atom stereocenters. The minimum absolute atomic E-state index is 0.173. The van der Waals surface area contributed by atoms with Crippen LogP contribution in [-0.2, 0) is 22.9 Å². The molecular formula is C20H17F3N4O4S2. The van der Waals surface area contributed by atoms with Gasteiger partial charge in [-0.2, -0.15) is 0 Å². The van der Waals surface area contributed by atoms with Crippen LogP contribution in [0.25, 0.3) is 0 Å². The number of carbonyl (C=O) groups excluding carboxylic acids is 1. The number of halogens is 3. The van der Waals surface area contributed by atoms with Crippen molar-refractivity contribution in [3.63, 3.8) is 0 Å². The number of alkyl halides is 3. The maximum absolute atomic E-state index is 12.6. The number of aromatic nitrogens is 2. The number of hydrogen-bond donors (Lipinski definition) is 2. The quantitative estimate of drug-likeness (QED) is 0.538. The Morgan fingerprint density at radius 2 is 1.94 bits per heavy atom. The van der Waals surface area contributed by atoms with Crippen LogP contribution >= 0.6 is 11.3 Å². The van der Waals surface area contributed by atoms with Crippen LogP contribution in [-0.4, -0.2) is 36.7 Å². The average Bonchev–Trinajstić information content (AvgIpc) is 3.28. The Hall–Kier alpha value is -3.03.